The van der Waals surface area contributed by atoms with Gasteiger partial charge in [-0.3, -0.25) is 4.79 Å². The maximum atomic E-state index is 12.4. The van der Waals surface area contributed by atoms with Crippen molar-refractivity contribution in [3.8, 4) is 22.8 Å². The minimum Gasteiger partial charge on any atom is -0.461 e. The Labute approximate surface area is 150 Å². The highest BCUT2D eigenvalue weighted by Crippen LogP contribution is 2.21. The van der Waals surface area contributed by atoms with E-state index < -0.39 is 0 Å². The van der Waals surface area contributed by atoms with Crippen LogP contribution >= 0.6 is 0 Å². The maximum Gasteiger partial charge on any atom is 0.280 e. The van der Waals surface area contributed by atoms with Crippen molar-refractivity contribution in [3.05, 3.63) is 71.0 Å². The monoisotopic (exact) mass is 361 g/mol. The fourth-order valence-corrected chi connectivity index (χ4v) is 2.78. The molecule has 0 aliphatic heterocycles. The SMILES string of the molecule is O=c1nc(Cc2nc(-c3ccco3)no2)[nH]c2ccc(-c3ccon3)cc12. The van der Waals surface area contributed by atoms with E-state index in [9.17, 15) is 4.79 Å². The summed E-state index contributed by atoms with van der Waals surface area (Å²) in [5.74, 6) is 1.60. The van der Waals surface area contributed by atoms with Gasteiger partial charge in [0.05, 0.1) is 23.6 Å². The highest BCUT2D eigenvalue weighted by molar-refractivity contribution is 5.82. The van der Waals surface area contributed by atoms with Gasteiger partial charge in [-0.15, -0.1) is 0 Å². The lowest BCUT2D eigenvalue weighted by Crippen LogP contribution is -2.12. The van der Waals surface area contributed by atoms with Crippen LogP contribution in [0.5, 0.6) is 0 Å². The van der Waals surface area contributed by atoms with E-state index in [0.29, 0.717) is 39.9 Å². The first-order valence-corrected chi connectivity index (χ1v) is 8.06. The van der Waals surface area contributed by atoms with Gasteiger partial charge in [0.25, 0.3) is 5.56 Å². The van der Waals surface area contributed by atoms with E-state index in [0.717, 1.165) is 5.56 Å². The van der Waals surface area contributed by atoms with Crippen LogP contribution < -0.4 is 5.56 Å². The highest BCUT2D eigenvalue weighted by atomic mass is 16.5. The van der Waals surface area contributed by atoms with Crippen LogP contribution in [0.25, 0.3) is 33.7 Å². The lowest BCUT2D eigenvalue weighted by molar-refractivity contribution is 0.382. The van der Waals surface area contributed by atoms with Crippen molar-refractivity contribution in [1.82, 2.24) is 25.3 Å². The molecule has 0 radical (unpaired) electrons. The molecule has 27 heavy (non-hydrogen) atoms. The van der Waals surface area contributed by atoms with Gasteiger partial charge in [0.1, 0.15) is 17.8 Å². The molecule has 0 aliphatic rings. The molecule has 5 rings (SSSR count). The molecule has 0 amide bonds. The lowest BCUT2D eigenvalue weighted by Gasteiger charge is -2.03. The van der Waals surface area contributed by atoms with Crippen LogP contribution in [0.1, 0.15) is 11.7 Å². The van der Waals surface area contributed by atoms with Gasteiger partial charge in [-0.25, -0.2) is 0 Å². The summed E-state index contributed by atoms with van der Waals surface area (Å²) in [7, 11) is 0. The summed E-state index contributed by atoms with van der Waals surface area (Å²) in [6.07, 6.45) is 3.21. The number of H-pyrrole nitrogens is 1. The lowest BCUT2D eigenvalue weighted by atomic mass is 10.1. The molecule has 0 atom stereocenters. The van der Waals surface area contributed by atoms with Crippen LogP contribution in [0.3, 0.4) is 0 Å². The molecule has 0 fully saturated rings. The molecule has 5 aromatic rings. The number of furan rings is 1. The largest absolute Gasteiger partial charge is 0.461 e. The average Bonchev–Trinajstić information content (AvgIpc) is 3.43. The number of aromatic amines is 1. The number of hydrogen-bond donors (Lipinski definition) is 1. The summed E-state index contributed by atoms with van der Waals surface area (Å²) < 4.78 is 15.3. The van der Waals surface area contributed by atoms with Crippen LogP contribution in [0.4, 0.5) is 0 Å². The molecule has 9 nitrogen and oxygen atoms in total. The Kier molecular flexibility index (Phi) is 3.42. The summed E-state index contributed by atoms with van der Waals surface area (Å²) >= 11 is 0. The van der Waals surface area contributed by atoms with Crippen molar-refractivity contribution in [2.24, 2.45) is 0 Å². The molecular formula is C18H11N5O4. The van der Waals surface area contributed by atoms with E-state index >= 15 is 0 Å². The van der Waals surface area contributed by atoms with Gasteiger partial charge < -0.3 is 18.4 Å². The van der Waals surface area contributed by atoms with E-state index in [4.69, 9.17) is 13.5 Å². The zero-order valence-electron chi connectivity index (χ0n) is 13.7. The number of fused-ring (bicyclic) bond motifs is 1. The molecule has 4 aromatic heterocycles. The summed E-state index contributed by atoms with van der Waals surface area (Å²) in [5, 5.41) is 8.20. The Morgan fingerprint density at radius 2 is 2.00 bits per heavy atom. The van der Waals surface area contributed by atoms with Crippen molar-refractivity contribution >= 4 is 10.9 Å². The first-order valence-electron chi connectivity index (χ1n) is 8.06. The molecule has 9 heteroatoms. The number of hydrogen-bond acceptors (Lipinski definition) is 8. The number of nitrogens with zero attached hydrogens (tertiary/aromatic N) is 4. The van der Waals surface area contributed by atoms with Crippen LogP contribution in [0.15, 0.2) is 67.2 Å². The standard InChI is InChI=1S/C18H11N5O4/c24-18-11-8-10(12-5-7-26-22-12)3-4-13(11)19-15(20-18)9-16-21-17(23-27-16)14-2-1-6-25-14/h1-8H,9H2,(H,19,20,24). The maximum absolute atomic E-state index is 12.4. The molecule has 0 saturated carbocycles. The van der Waals surface area contributed by atoms with Crippen LogP contribution in [0, 0.1) is 0 Å². The Morgan fingerprint density at radius 3 is 2.81 bits per heavy atom. The zero-order valence-corrected chi connectivity index (χ0v) is 13.7. The van der Waals surface area contributed by atoms with Crippen molar-refractivity contribution in [1.29, 1.82) is 0 Å². The summed E-state index contributed by atoms with van der Waals surface area (Å²) in [5.41, 5.74) is 1.73. The number of nitrogens with one attached hydrogen (secondary N) is 1. The first kappa shape index (κ1) is 15.3. The molecule has 0 spiro atoms. The van der Waals surface area contributed by atoms with E-state index in [-0.39, 0.29) is 12.0 Å². The van der Waals surface area contributed by atoms with Gasteiger partial charge in [0.15, 0.2) is 5.76 Å². The van der Waals surface area contributed by atoms with Crippen molar-refractivity contribution in [2.45, 2.75) is 6.42 Å². The molecule has 0 saturated heterocycles. The third kappa shape index (κ3) is 2.80. The molecule has 0 aliphatic carbocycles. The fraction of sp³-hybridized carbons (Fsp3) is 0.0556. The second kappa shape index (κ2) is 6.06. The Balaban J connectivity index is 1.48. The topological polar surface area (TPSA) is 124 Å². The minimum absolute atomic E-state index is 0.198. The smallest absolute Gasteiger partial charge is 0.280 e. The number of aromatic nitrogens is 5. The predicted molar refractivity (Wildman–Crippen MR) is 92.7 cm³/mol. The second-order valence-corrected chi connectivity index (χ2v) is 5.80. The van der Waals surface area contributed by atoms with E-state index in [1.807, 2.05) is 6.07 Å². The predicted octanol–water partition coefficient (Wildman–Crippen LogP) is 2.81. The molecule has 1 N–H and O–H groups in total. The van der Waals surface area contributed by atoms with Gasteiger partial charge in [0.2, 0.25) is 11.7 Å². The second-order valence-electron chi connectivity index (χ2n) is 5.80. The zero-order chi connectivity index (χ0) is 18.2. The Bertz CT molecular complexity index is 1270. The number of benzene rings is 1. The van der Waals surface area contributed by atoms with Crippen LogP contribution in [-0.4, -0.2) is 25.3 Å². The fourth-order valence-electron chi connectivity index (χ4n) is 2.78. The van der Waals surface area contributed by atoms with Gasteiger partial charge in [-0.1, -0.05) is 16.4 Å². The molecule has 132 valence electrons. The molecule has 0 unspecified atom stereocenters. The number of rotatable bonds is 4. The van der Waals surface area contributed by atoms with E-state index in [1.54, 1.807) is 30.3 Å². The highest BCUT2D eigenvalue weighted by Gasteiger charge is 2.14. The van der Waals surface area contributed by atoms with E-state index in [2.05, 4.69) is 25.3 Å². The quantitative estimate of drug-likeness (QED) is 0.518. The average molecular weight is 361 g/mol. The van der Waals surface area contributed by atoms with Gasteiger partial charge >= 0.3 is 0 Å². The van der Waals surface area contributed by atoms with E-state index in [1.165, 1.54) is 12.5 Å². The van der Waals surface area contributed by atoms with Crippen LogP contribution in [-0.2, 0) is 6.42 Å². The Hall–Kier alpha value is -4.01. The summed E-state index contributed by atoms with van der Waals surface area (Å²) in [6, 6.07) is 10.6. The van der Waals surface area contributed by atoms with Gasteiger partial charge in [-0.2, -0.15) is 9.97 Å². The molecule has 4 heterocycles. The van der Waals surface area contributed by atoms with Crippen molar-refractivity contribution in [3.63, 3.8) is 0 Å². The van der Waals surface area contributed by atoms with Crippen LogP contribution in [0.2, 0.25) is 0 Å². The van der Waals surface area contributed by atoms with Gasteiger partial charge in [-0.05, 0) is 24.3 Å². The normalized spacial score (nSPS) is 11.3. The van der Waals surface area contributed by atoms with Gasteiger partial charge in [0, 0.05) is 11.6 Å². The summed E-state index contributed by atoms with van der Waals surface area (Å²) in [6.45, 7) is 0. The van der Waals surface area contributed by atoms with Crippen molar-refractivity contribution < 1.29 is 13.5 Å². The summed E-state index contributed by atoms with van der Waals surface area (Å²) in [4.78, 5) is 23.9. The Morgan fingerprint density at radius 1 is 1.04 bits per heavy atom. The van der Waals surface area contributed by atoms with Crippen molar-refractivity contribution in [2.75, 3.05) is 0 Å². The minimum atomic E-state index is -0.352. The third-order valence-electron chi connectivity index (χ3n) is 4.03. The first-order chi connectivity index (χ1) is 13.3. The molecule has 1 aromatic carbocycles. The molecular weight excluding hydrogens is 350 g/mol. The molecule has 0 bridgehead atoms. The third-order valence-corrected chi connectivity index (χ3v) is 4.03.